The fourth-order valence-corrected chi connectivity index (χ4v) is 7.03. The van der Waals surface area contributed by atoms with Crippen LogP contribution in [0.4, 0.5) is 4.79 Å². The largest absolute Gasteiger partial charge is 0.478 e. The average Bonchev–Trinajstić information content (AvgIpc) is 2.82. The molecule has 0 radical (unpaired) electrons. The van der Waals surface area contributed by atoms with Crippen LogP contribution in [0.2, 0.25) is 0 Å². The van der Waals surface area contributed by atoms with Crippen LogP contribution in [0.3, 0.4) is 0 Å². The van der Waals surface area contributed by atoms with Gasteiger partial charge in [-0.15, -0.1) is 12.4 Å². The summed E-state index contributed by atoms with van der Waals surface area (Å²) in [5, 5.41) is 14.7. The topological polar surface area (TPSA) is 87.7 Å². The minimum Gasteiger partial charge on any atom is -0.478 e. The summed E-state index contributed by atoms with van der Waals surface area (Å²) >= 11 is 0. The summed E-state index contributed by atoms with van der Waals surface area (Å²) in [7, 11) is 1.85. The smallest absolute Gasteiger partial charge is 0.412 e. The van der Waals surface area contributed by atoms with E-state index in [9.17, 15) is 9.59 Å². The molecule has 2 aromatic rings. The fourth-order valence-electron chi connectivity index (χ4n) is 7.03. The third-order valence-electron chi connectivity index (χ3n) is 8.10. The third-order valence-corrected chi connectivity index (χ3v) is 8.10. The molecule has 4 saturated carbocycles. The maximum Gasteiger partial charge on any atom is 0.412 e. The molecule has 36 heavy (non-hydrogen) atoms. The van der Waals surface area contributed by atoms with E-state index in [-0.39, 0.29) is 17.8 Å². The zero-order chi connectivity index (χ0) is 24.4. The van der Waals surface area contributed by atoms with Gasteiger partial charge < -0.3 is 20.5 Å². The molecule has 7 heteroatoms. The van der Waals surface area contributed by atoms with E-state index in [0.717, 1.165) is 40.5 Å². The van der Waals surface area contributed by atoms with E-state index in [1.807, 2.05) is 43.4 Å². The van der Waals surface area contributed by atoms with Crippen molar-refractivity contribution < 1.29 is 19.4 Å². The number of hydrogen-bond donors (Lipinski definition) is 3. The number of nitrogens with one attached hydrogen (secondary N) is 2. The normalized spacial score (nSPS) is 26.0. The van der Waals surface area contributed by atoms with E-state index in [1.165, 1.54) is 44.1 Å². The van der Waals surface area contributed by atoms with Crippen LogP contribution < -0.4 is 15.4 Å². The Hall–Kier alpha value is -2.83. The summed E-state index contributed by atoms with van der Waals surface area (Å²) in [6.07, 6.45) is 9.93. The Balaban J connectivity index is 0.00000304. The Morgan fingerprint density at radius 2 is 1.58 bits per heavy atom. The number of carboxylic acid groups (broad SMARTS) is 1. The number of carbonyl (C=O) groups is 2. The lowest BCUT2D eigenvalue weighted by Gasteiger charge is -2.57. The molecule has 0 unspecified atom stereocenters. The first-order valence-electron chi connectivity index (χ1n) is 12.7. The van der Waals surface area contributed by atoms with Crippen molar-refractivity contribution >= 4 is 30.5 Å². The number of carbonyl (C=O) groups excluding carboxylic acids is 1. The van der Waals surface area contributed by atoms with Crippen LogP contribution in [0.15, 0.2) is 48.5 Å². The Labute approximate surface area is 218 Å². The van der Waals surface area contributed by atoms with Gasteiger partial charge in [0.15, 0.2) is 0 Å². The molecule has 0 heterocycles. The van der Waals surface area contributed by atoms with Crippen molar-refractivity contribution in [3.05, 3.63) is 59.7 Å². The second-order valence-electron chi connectivity index (χ2n) is 10.6. The lowest BCUT2D eigenvalue weighted by atomic mass is 9.48. The molecular formula is C29H35ClN2O4. The number of aliphatic carboxylic acids is 1. The summed E-state index contributed by atoms with van der Waals surface area (Å²) in [6.45, 7) is 1.20. The van der Waals surface area contributed by atoms with Crippen LogP contribution in [0, 0.1) is 17.8 Å². The van der Waals surface area contributed by atoms with Crippen LogP contribution in [-0.4, -0.2) is 37.3 Å². The molecule has 3 N–H and O–H groups in total. The second kappa shape index (κ2) is 11.1. The number of likely N-dealkylation sites (N-methyl/N-ethyl adjacent to an activating group) is 1. The summed E-state index contributed by atoms with van der Waals surface area (Å²) < 4.78 is 5.90. The van der Waals surface area contributed by atoms with Gasteiger partial charge in [-0.2, -0.15) is 0 Å². The molecular weight excluding hydrogens is 476 g/mol. The van der Waals surface area contributed by atoms with E-state index in [4.69, 9.17) is 9.84 Å². The first-order chi connectivity index (χ1) is 16.9. The summed E-state index contributed by atoms with van der Waals surface area (Å²) in [6, 6.07) is 14.1. The molecule has 4 fully saturated rings. The highest BCUT2D eigenvalue weighted by atomic mass is 35.5. The Kier molecular flexibility index (Phi) is 8.06. The Morgan fingerprint density at radius 1 is 0.972 bits per heavy atom. The van der Waals surface area contributed by atoms with Gasteiger partial charge in [-0.25, -0.2) is 9.59 Å². The van der Waals surface area contributed by atoms with Crippen LogP contribution in [0.5, 0.6) is 5.75 Å². The van der Waals surface area contributed by atoms with Crippen molar-refractivity contribution in [3.8, 4) is 16.9 Å². The molecule has 4 bridgehead atoms. The van der Waals surface area contributed by atoms with Gasteiger partial charge >= 0.3 is 12.1 Å². The van der Waals surface area contributed by atoms with E-state index in [0.29, 0.717) is 18.8 Å². The highest BCUT2D eigenvalue weighted by Gasteiger charge is 2.52. The number of halogens is 1. The molecule has 0 atom stereocenters. The van der Waals surface area contributed by atoms with Crippen molar-refractivity contribution in [1.82, 2.24) is 10.6 Å². The summed E-state index contributed by atoms with van der Waals surface area (Å²) in [4.78, 5) is 23.4. The van der Waals surface area contributed by atoms with Gasteiger partial charge in [0.05, 0.1) is 0 Å². The van der Waals surface area contributed by atoms with Gasteiger partial charge in [-0.05, 0) is 104 Å². The van der Waals surface area contributed by atoms with Crippen molar-refractivity contribution in [2.45, 2.75) is 43.9 Å². The number of ether oxygens (including phenoxy) is 1. The second-order valence-corrected chi connectivity index (χ2v) is 10.6. The first-order valence-corrected chi connectivity index (χ1v) is 12.7. The van der Waals surface area contributed by atoms with Gasteiger partial charge in [-0.1, -0.05) is 30.3 Å². The molecule has 6 rings (SSSR count). The van der Waals surface area contributed by atoms with Gasteiger partial charge in [0.1, 0.15) is 5.75 Å². The van der Waals surface area contributed by atoms with E-state index >= 15 is 0 Å². The highest BCUT2D eigenvalue weighted by Crippen LogP contribution is 2.62. The molecule has 2 aromatic carbocycles. The van der Waals surface area contributed by atoms with Gasteiger partial charge in [0.25, 0.3) is 0 Å². The molecule has 4 aliphatic rings. The van der Waals surface area contributed by atoms with Crippen molar-refractivity contribution in [2.75, 3.05) is 20.1 Å². The van der Waals surface area contributed by atoms with Crippen LogP contribution in [-0.2, 0) is 10.2 Å². The van der Waals surface area contributed by atoms with E-state index < -0.39 is 12.1 Å². The molecule has 1 amide bonds. The van der Waals surface area contributed by atoms with Crippen LogP contribution >= 0.6 is 12.4 Å². The molecule has 192 valence electrons. The Morgan fingerprint density at radius 3 is 2.17 bits per heavy atom. The van der Waals surface area contributed by atoms with Crippen LogP contribution in [0.25, 0.3) is 17.2 Å². The van der Waals surface area contributed by atoms with Crippen molar-refractivity contribution in [3.63, 3.8) is 0 Å². The molecule has 0 spiro atoms. The number of amides is 1. The predicted molar refractivity (Wildman–Crippen MR) is 144 cm³/mol. The zero-order valence-corrected chi connectivity index (χ0v) is 21.5. The van der Waals surface area contributed by atoms with E-state index in [1.54, 1.807) is 6.08 Å². The lowest BCUT2D eigenvalue weighted by molar-refractivity contribution is -0.131. The number of rotatable bonds is 8. The maximum atomic E-state index is 12.6. The number of hydrogen-bond acceptors (Lipinski definition) is 4. The molecule has 0 saturated heterocycles. The van der Waals surface area contributed by atoms with E-state index in [2.05, 4.69) is 16.7 Å². The monoisotopic (exact) mass is 510 g/mol. The SMILES string of the molecule is CNCCNC(=O)Oc1ccc(-c2ccc(/C=C/C(=O)O)cc2)cc1C12CC3CC(CC(C3)C1)C2.Cl. The lowest BCUT2D eigenvalue weighted by Crippen LogP contribution is -2.48. The highest BCUT2D eigenvalue weighted by molar-refractivity contribution is 5.85. The molecule has 0 aliphatic heterocycles. The van der Waals surface area contributed by atoms with Gasteiger partial charge in [0.2, 0.25) is 0 Å². The molecule has 0 aromatic heterocycles. The Bertz CT molecular complexity index is 1090. The fraction of sp³-hybridized carbons (Fsp3) is 0.448. The van der Waals surface area contributed by atoms with Crippen LogP contribution in [0.1, 0.15) is 49.7 Å². The minimum atomic E-state index is -0.958. The van der Waals surface area contributed by atoms with Gasteiger partial charge in [0, 0.05) is 24.7 Å². The van der Waals surface area contributed by atoms with Gasteiger partial charge in [-0.3, -0.25) is 0 Å². The summed E-state index contributed by atoms with van der Waals surface area (Å²) in [5.74, 6) is 2.06. The number of benzene rings is 2. The zero-order valence-electron chi connectivity index (χ0n) is 20.7. The predicted octanol–water partition coefficient (Wildman–Crippen LogP) is 5.65. The standard InChI is InChI=1S/C29H34N2O4.ClH/c1-30-10-11-31-28(34)35-26-8-7-24(23-5-2-19(3-6-23)4-9-27(32)33)15-25(26)29-16-20-12-21(17-29)14-22(13-20)18-29;/h2-9,15,20-22,30H,10-14,16-18H2,1H3,(H,31,34)(H,32,33);1H/b9-4+;. The quantitative estimate of drug-likeness (QED) is 0.315. The molecule has 6 nitrogen and oxygen atoms in total. The maximum absolute atomic E-state index is 12.6. The third kappa shape index (κ3) is 5.60. The number of carboxylic acids is 1. The first kappa shape index (κ1) is 26.2. The van der Waals surface area contributed by atoms with Crippen molar-refractivity contribution in [1.29, 1.82) is 0 Å². The molecule has 4 aliphatic carbocycles. The van der Waals surface area contributed by atoms with Crippen molar-refractivity contribution in [2.24, 2.45) is 17.8 Å². The minimum absolute atomic E-state index is 0. The average molecular weight is 511 g/mol. The summed E-state index contributed by atoms with van der Waals surface area (Å²) in [5.41, 5.74) is 4.25.